The zero-order valence-electron chi connectivity index (χ0n) is 16.9. The normalized spacial score (nSPS) is 14.2. The van der Waals surface area contributed by atoms with Crippen LogP contribution in [0.4, 0.5) is 0 Å². The number of nitrogens with zero attached hydrogens (tertiary/aromatic N) is 2. The van der Waals surface area contributed by atoms with E-state index in [1.807, 2.05) is 55.7 Å². The molecule has 150 valence electrons. The summed E-state index contributed by atoms with van der Waals surface area (Å²) in [6.07, 6.45) is 0.785. The fourth-order valence-electron chi connectivity index (χ4n) is 3.71. The zero-order chi connectivity index (χ0) is 20.1. The Kier molecular flexibility index (Phi) is 6.52. The van der Waals surface area contributed by atoms with Gasteiger partial charge in [-0.1, -0.05) is 37.3 Å². The molecule has 3 rings (SSSR count). The van der Waals surface area contributed by atoms with Gasteiger partial charge in [-0.05, 0) is 31.9 Å². The summed E-state index contributed by atoms with van der Waals surface area (Å²) in [5.74, 6) is -0.203. The molecule has 1 aromatic carbocycles. The summed E-state index contributed by atoms with van der Waals surface area (Å²) >= 11 is 0. The number of hydrogen-bond acceptors (Lipinski definition) is 3. The van der Waals surface area contributed by atoms with Crippen molar-refractivity contribution in [3.05, 3.63) is 58.9 Å². The lowest BCUT2D eigenvalue weighted by Crippen LogP contribution is -2.33. The Hall–Kier alpha value is -2.60. The van der Waals surface area contributed by atoms with Crippen LogP contribution in [0.15, 0.2) is 36.4 Å². The van der Waals surface area contributed by atoms with E-state index in [0.717, 1.165) is 17.7 Å². The van der Waals surface area contributed by atoms with E-state index < -0.39 is 0 Å². The van der Waals surface area contributed by atoms with E-state index in [-0.39, 0.29) is 17.9 Å². The van der Waals surface area contributed by atoms with Crippen molar-refractivity contribution in [3.63, 3.8) is 0 Å². The average Bonchev–Trinajstić information content (AvgIpc) is 3.13. The summed E-state index contributed by atoms with van der Waals surface area (Å²) in [7, 11) is 0. The standard InChI is InChI=1S/C22H29N3O3/c1-4-18(16-10-8-7-9-11-16)23-21(26)17-14-19(22(27)24(5-2)6-3)25-12-13-28-15-20(17)25/h7-11,14,18H,4-6,12-13,15H2,1-3H3,(H,23,26). The molecule has 0 radical (unpaired) electrons. The summed E-state index contributed by atoms with van der Waals surface area (Å²) in [4.78, 5) is 27.8. The predicted molar refractivity (Wildman–Crippen MR) is 108 cm³/mol. The summed E-state index contributed by atoms with van der Waals surface area (Å²) in [6.45, 7) is 8.72. The van der Waals surface area contributed by atoms with Crippen LogP contribution < -0.4 is 5.32 Å². The van der Waals surface area contributed by atoms with E-state index in [1.54, 1.807) is 11.0 Å². The van der Waals surface area contributed by atoms with Crippen LogP contribution in [0.3, 0.4) is 0 Å². The maximum atomic E-state index is 13.1. The molecule has 0 saturated carbocycles. The van der Waals surface area contributed by atoms with Gasteiger partial charge in [0.1, 0.15) is 5.69 Å². The van der Waals surface area contributed by atoms with Crippen molar-refractivity contribution in [3.8, 4) is 0 Å². The lowest BCUT2D eigenvalue weighted by Gasteiger charge is -2.23. The van der Waals surface area contributed by atoms with Gasteiger partial charge in [-0.25, -0.2) is 0 Å². The third-order valence-electron chi connectivity index (χ3n) is 5.34. The highest BCUT2D eigenvalue weighted by atomic mass is 16.5. The molecule has 1 unspecified atom stereocenters. The summed E-state index contributed by atoms with van der Waals surface area (Å²) in [6, 6.07) is 11.6. The van der Waals surface area contributed by atoms with E-state index >= 15 is 0 Å². The Morgan fingerprint density at radius 3 is 2.54 bits per heavy atom. The van der Waals surface area contributed by atoms with E-state index in [1.165, 1.54) is 0 Å². The average molecular weight is 383 g/mol. The summed E-state index contributed by atoms with van der Waals surface area (Å²) in [5.41, 5.74) is 2.95. The van der Waals surface area contributed by atoms with Crippen molar-refractivity contribution in [2.45, 2.75) is 46.4 Å². The second kappa shape index (κ2) is 9.06. The van der Waals surface area contributed by atoms with Gasteiger partial charge in [0, 0.05) is 19.6 Å². The minimum atomic E-state index is -0.163. The number of nitrogens with one attached hydrogen (secondary N) is 1. The predicted octanol–water partition coefficient (Wildman–Crippen LogP) is 3.38. The SMILES string of the molecule is CCC(NC(=O)c1cc(C(=O)N(CC)CC)n2c1COCC2)c1ccccc1. The first-order chi connectivity index (χ1) is 13.6. The van der Waals surface area contributed by atoms with Crippen molar-refractivity contribution >= 4 is 11.8 Å². The molecule has 0 bridgehead atoms. The number of rotatable bonds is 7. The second-order valence-corrected chi connectivity index (χ2v) is 6.92. The molecule has 6 heteroatoms. The molecule has 1 aliphatic rings. The van der Waals surface area contributed by atoms with E-state index in [9.17, 15) is 9.59 Å². The first-order valence-corrected chi connectivity index (χ1v) is 10.1. The van der Waals surface area contributed by atoms with E-state index in [0.29, 0.717) is 44.1 Å². The number of carbonyl (C=O) groups is 2. The van der Waals surface area contributed by atoms with Gasteiger partial charge in [-0.3, -0.25) is 9.59 Å². The third kappa shape index (κ3) is 3.97. The van der Waals surface area contributed by atoms with Crippen LogP contribution in [0.5, 0.6) is 0 Å². The number of carbonyl (C=O) groups excluding carboxylic acids is 2. The molecule has 1 aromatic heterocycles. The molecule has 2 heterocycles. The molecule has 1 atom stereocenters. The van der Waals surface area contributed by atoms with E-state index in [4.69, 9.17) is 4.74 Å². The third-order valence-corrected chi connectivity index (χ3v) is 5.34. The molecule has 0 fully saturated rings. The minimum Gasteiger partial charge on any atom is -0.373 e. The molecule has 1 aliphatic heterocycles. The first-order valence-electron chi connectivity index (χ1n) is 10.1. The zero-order valence-corrected chi connectivity index (χ0v) is 16.9. The van der Waals surface area contributed by atoms with Crippen molar-refractivity contribution in [2.24, 2.45) is 0 Å². The van der Waals surface area contributed by atoms with Gasteiger partial charge in [-0.2, -0.15) is 0 Å². The molecule has 28 heavy (non-hydrogen) atoms. The molecule has 1 N–H and O–H groups in total. The van der Waals surface area contributed by atoms with Crippen LogP contribution in [0, 0.1) is 0 Å². The van der Waals surface area contributed by atoms with Crippen LogP contribution in [0.2, 0.25) is 0 Å². The van der Waals surface area contributed by atoms with Gasteiger partial charge in [0.25, 0.3) is 11.8 Å². The van der Waals surface area contributed by atoms with Gasteiger partial charge in [-0.15, -0.1) is 0 Å². The van der Waals surface area contributed by atoms with Crippen molar-refractivity contribution in [1.29, 1.82) is 0 Å². The van der Waals surface area contributed by atoms with Gasteiger partial charge < -0.3 is 19.5 Å². The van der Waals surface area contributed by atoms with Gasteiger partial charge in [0.15, 0.2) is 0 Å². The number of fused-ring (bicyclic) bond motifs is 1. The molecule has 0 saturated heterocycles. The highest BCUT2D eigenvalue weighted by Gasteiger charge is 2.28. The highest BCUT2D eigenvalue weighted by Crippen LogP contribution is 2.24. The maximum Gasteiger partial charge on any atom is 0.270 e. The molecule has 0 aliphatic carbocycles. The smallest absolute Gasteiger partial charge is 0.270 e. The molecule has 6 nitrogen and oxygen atoms in total. The largest absolute Gasteiger partial charge is 0.373 e. The highest BCUT2D eigenvalue weighted by molar-refractivity contribution is 6.00. The second-order valence-electron chi connectivity index (χ2n) is 6.92. The Bertz CT molecular complexity index is 825. The Balaban J connectivity index is 1.91. The summed E-state index contributed by atoms with van der Waals surface area (Å²) in [5, 5.41) is 3.13. The van der Waals surface area contributed by atoms with Gasteiger partial charge in [0.2, 0.25) is 0 Å². The molecule has 2 amide bonds. The van der Waals surface area contributed by atoms with E-state index in [2.05, 4.69) is 5.32 Å². The minimum absolute atomic E-state index is 0.0395. The van der Waals surface area contributed by atoms with Crippen molar-refractivity contribution < 1.29 is 14.3 Å². The lowest BCUT2D eigenvalue weighted by atomic mass is 10.0. The Labute approximate surface area is 166 Å². The molecule has 0 spiro atoms. The lowest BCUT2D eigenvalue weighted by molar-refractivity contribution is 0.0701. The first kappa shape index (κ1) is 20.1. The molecule has 2 aromatic rings. The van der Waals surface area contributed by atoms with Crippen LogP contribution in [-0.2, 0) is 17.9 Å². The molecular weight excluding hydrogens is 354 g/mol. The number of aromatic nitrogens is 1. The van der Waals surface area contributed by atoms with Crippen LogP contribution in [0.1, 0.15) is 65.3 Å². The fourth-order valence-corrected chi connectivity index (χ4v) is 3.71. The Morgan fingerprint density at radius 2 is 1.89 bits per heavy atom. The fraction of sp³-hybridized carbons (Fsp3) is 0.455. The number of ether oxygens (including phenoxy) is 1. The number of amides is 2. The Morgan fingerprint density at radius 1 is 1.18 bits per heavy atom. The van der Waals surface area contributed by atoms with Gasteiger partial charge in [0.05, 0.1) is 30.5 Å². The van der Waals surface area contributed by atoms with Gasteiger partial charge >= 0.3 is 0 Å². The van der Waals surface area contributed by atoms with Crippen molar-refractivity contribution in [2.75, 3.05) is 19.7 Å². The quantitative estimate of drug-likeness (QED) is 0.797. The number of hydrogen-bond donors (Lipinski definition) is 1. The summed E-state index contributed by atoms with van der Waals surface area (Å²) < 4.78 is 7.53. The van der Waals surface area contributed by atoms with Crippen molar-refractivity contribution in [1.82, 2.24) is 14.8 Å². The molecular formula is C22H29N3O3. The van der Waals surface area contributed by atoms with Crippen LogP contribution in [0.25, 0.3) is 0 Å². The van der Waals surface area contributed by atoms with Crippen LogP contribution in [-0.4, -0.2) is 41.0 Å². The monoisotopic (exact) mass is 383 g/mol. The topological polar surface area (TPSA) is 63.6 Å². The maximum absolute atomic E-state index is 13.1. The number of benzene rings is 1. The van der Waals surface area contributed by atoms with Crippen LogP contribution >= 0.6 is 0 Å².